The number of nitrogens with one attached hydrogen (secondary N) is 1. The van der Waals surface area contributed by atoms with Crippen molar-refractivity contribution in [1.82, 2.24) is 0 Å². The smallest absolute Gasteiger partial charge is 0.238 e. The van der Waals surface area contributed by atoms with Crippen LogP contribution in [0.4, 0.5) is 5.69 Å². The van der Waals surface area contributed by atoms with E-state index >= 15 is 0 Å². The summed E-state index contributed by atoms with van der Waals surface area (Å²) in [5.41, 5.74) is 0.425. The van der Waals surface area contributed by atoms with Gasteiger partial charge in [0.1, 0.15) is 0 Å². The summed E-state index contributed by atoms with van der Waals surface area (Å²) in [6.45, 7) is 0.767. The molecule has 110 valence electrons. The number of ether oxygens (including phenoxy) is 1. The molecule has 0 bridgehead atoms. The van der Waals surface area contributed by atoms with Gasteiger partial charge in [0, 0.05) is 18.7 Å². The zero-order valence-corrected chi connectivity index (χ0v) is 11.9. The third kappa shape index (κ3) is 4.29. The highest BCUT2D eigenvalue weighted by atomic mass is 32.2. The summed E-state index contributed by atoms with van der Waals surface area (Å²) in [4.78, 5) is 11.8. The van der Waals surface area contributed by atoms with Crippen LogP contribution >= 0.6 is 0 Å². The first-order valence-corrected chi connectivity index (χ1v) is 8.04. The molecule has 1 unspecified atom stereocenters. The van der Waals surface area contributed by atoms with Gasteiger partial charge >= 0.3 is 0 Å². The molecular formula is C13H18N2O4S. The SMILES string of the molecule is NS(=O)(=O)c1cccc(NC(=O)CCC2CCCO2)c1. The van der Waals surface area contributed by atoms with Crippen LogP contribution in [-0.2, 0) is 19.6 Å². The zero-order chi connectivity index (χ0) is 14.6. The van der Waals surface area contributed by atoms with Gasteiger partial charge in [0.05, 0.1) is 11.0 Å². The number of primary sulfonamides is 1. The van der Waals surface area contributed by atoms with E-state index in [-0.39, 0.29) is 16.9 Å². The van der Waals surface area contributed by atoms with Crippen molar-refractivity contribution in [3.05, 3.63) is 24.3 Å². The standard InChI is InChI=1S/C13H18N2O4S/c14-20(17,18)12-5-1-3-10(9-12)15-13(16)7-6-11-4-2-8-19-11/h1,3,5,9,11H,2,4,6-8H2,(H,15,16)(H2,14,17,18). The molecule has 1 aromatic rings. The van der Waals surface area contributed by atoms with E-state index in [0.717, 1.165) is 19.4 Å². The lowest BCUT2D eigenvalue weighted by atomic mass is 10.1. The Hall–Kier alpha value is -1.44. The lowest BCUT2D eigenvalue weighted by Crippen LogP contribution is -2.16. The molecule has 0 radical (unpaired) electrons. The summed E-state index contributed by atoms with van der Waals surface area (Å²) in [5, 5.41) is 7.70. The summed E-state index contributed by atoms with van der Waals surface area (Å²) in [5.74, 6) is -0.160. The first-order valence-electron chi connectivity index (χ1n) is 6.49. The quantitative estimate of drug-likeness (QED) is 0.854. The average molecular weight is 298 g/mol. The normalized spacial score (nSPS) is 18.9. The molecule has 1 fully saturated rings. The Morgan fingerprint density at radius 2 is 2.25 bits per heavy atom. The third-order valence-electron chi connectivity index (χ3n) is 3.16. The molecule has 7 heteroatoms. The predicted molar refractivity (Wildman–Crippen MR) is 74.7 cm³/mol. The van der Waals surface area contributed by atoms with Crippen LogP contribution in [0.15, 0.2) is 29.2 Å². The van der Waals surface area contributed by atoms with Crippen LogP contribution in [-0.4, -0.2) is 27.0 Å². The van der Waals surface area contributed by atoms with E-state index in [9.17, 15) is 13.2 Å². The Bertz CT molecular complexity index is 580. The number of nitrogens with two attached hydrogens (primary N) is 1. The zero-order valence-electron chi connectivity index (χ0n) is 11.0. The molecule has 1 aromatic carbocycles. The van der Waals surface area contributed by atoms with Gasteiger partial charge in [0.25, 0.3) is 0 Å². The van der Waals surface area contributed by atoms with Gasteiger partial charge in [-0.1, -0.05) is 6.07 Å². The minimum atomic E-state index is -3.76. The number of sulfonamides is 1. The van der Waals surface area contributed by atoms with Gasteiger partial charge in [0.2, 0.25) is 15.9 Å². The summed E-state index contributed by atoms with van der Waals surface area (Å²) in [6, 6.07) is 5.89. The number of carbonyl (C=O) groups is 1. The van der Waals surface area contributed by atoms with Crippen molar-refractivity contribution in [2.24, 2.45) is 5.14 Å². The Morgan fingerprint density at radius 1 is 1.45 bits per heavy atom. The molecule has 6 nitrogen and oxygen atoms in total. The fourth-order valence-corrected chi connectivity index (χ4v) is 2.70. The molecule has 0 saturated carbocycles. The van der Waals surface area contributed by atoms with E-state index in [0.29, 0.717) is 18.5 Å². The van der Waals surface area contributed by atoms with Crippen LogP contribution in [0.1, 0.15) is 25.7 Å². The minimum Gasteiger partial charge on any atom is -0.378 e. The number of amides is 1. The highest BCUT2D eigenvalue weighted by Gasteiger charge is 2.17. The maximum atomic E-state index is 11.8. The minimum absolute atomic E-state index is 0.0190. The van der Waals surface area contributed by atoms with Gasteiger partial charge in [-0.25, -0.2) is 13.6 Å². The van der Waals surface area contributed by atoms with E-state index < -0.39 is 10.0 Å². The van der Waals surface area contributed by atoms with Crippen LogP contribution in [0.2, 0.25) is 0 Å². The third-order valence-corrected chi connectivity index (χ3v) is 4.07. The van der Waals surface area contributed by atoms with Crippen molar-refractivity contribution in [2.75, 3.05) is 11.9 Å². The summed E-state index contributed by atoms with van der Waals surface area (Å²) in [6.07, 6.45) is 3.23. The summed E-state index contributed by atoms with van der Waals surface area (Å²) >= 11 is 0. The molecule has 1 atom stereocenters. The molecule has 1 amide bonds. The second kappa shape index (κ2) is 6.34. The van der Waals surface area contributed by atoms with Crippen molar-refractivity contribution < 1.29 is 17.9 Å². The molecule has 2 rings (SSSR count). The van der Waals surface area contributed by atoms with Crippen molar-refractivity contribution >= 4 is 21.6 Å². The maximum Gasteiger partial charge on any atom is 0.238 e. The Kier molecular flexibility index (Phi) is 4.74. The van der Waals surface area contributed by atoms with Crippen LogP contribution in [0.3, 0.4) is 0 Å². The molecule has 1 saturated heterocycles. The second-order valence-electron chi connectivity index (χ2n) is 4.79. The second-order valence-corrected chi connectivity index (χ2v) is 6.36. The highest BCUT2D eigenvalue weighted by Crippen LogP contribution is 2.18. The van der Waals surface area contributed by atoms with Crippen LogP contribution in [0.5, 0.6) is 0 Å². The fourth-order valence-electron chi connectivity index (χ4n) is 2.14. The Labute approximate surface area is 118 Å². The molecule has 1 aliphatic heterocycles. The summed E-state index contributed by atoms with van der Waals surface area (Å²) in [7, 11) is -3.76. The van der Waals surface area contributed by atoms with E-state index in [4.69, 9.17) is 9.88 Å². The average Bonchev–Trinajstić information content (AvgIpc) is 2.89. The van der Waals surface area contributed by atoms with Gasteiger partial charge in [-0.15, -0.1) is 0 Å². The van der Waals surface area contributed by atoms with Gasteiger partial charge < -0.3 is 10.1 Å². The van der Waals surface area contributed by atoms with Crippen molar-refractivity contribution in [3.63, 3.8) is 0 Å². The lowest BCUT2D eigenvalue weighted by Gasteiger charge is -2.10. The molecule has 1 heterocycles. The van der Waals surface area contributed by atoms with E-state index in [2.05, 4.69) is 5.32 Å². The molecule has 0 aromatic heterocycles. The van der Waals surface area contributed by atoms with Crippen molar-refractivity contribution in [2.45, 2.75) is 36.7 Å². The number of rotatable bonds is 5. The van der Waals surface area contributed by atoms with Crippen LogP contribution in [0, 0.1) is 0 Å². The fraction of sp³-hybridized carbons (Fsp3) is 0.462. The van der Waals surface area contributed by atoms with E-state index in [1.165, 1.54) is 18.2 Å². The predicted octanol–water partition coefficient (Wildman–Crippen LogP) is 1.23. The van der Waals surface area contributed by atoms with E-state index in [1.54, 1.807) is 6.07 Å². The first kappa shape index (κ1) is 15.0. The van der Waals surface area contributed by atoms with Gasteiger partial charge in [-0.2, -0.15) is 0 Å². The number of hydrogen-bond donors (Lipinski definition) is 2. The first-order chi connectivity index (χ1) is 9.45. The Morgan fingerprint density at radius 3 is 2.90 bits per heavy atom. The van der Waals surface area contributed by atoms with Crippen LogP contribution < -0.4 is 10.5 Å². The van der Waals surface area contributed by atoms with Crippen molar-refractivity contribution in [1.29, 1.82) is 0 Å². The Balaban J connectivity index is 1.90. The van der Waals surface area contributed by atoms with Gasteiger partial charge in [-0.3, -0.25) is 4.79 Å². The summed E-state index contributed by atoms with van der Waals surface area (Å²) < 4.78 is 27.9. The maximum absolute atomic E-state index is 11.8. The molecule has 20 heavy (non-hydrogen) atoms. The number of anilines is 1. The van der Waals surface area contributed by atoms with Gasteiger partial charge in [0.15, 0.2) is 0 Å². The number of hydrogen-bond acceptors (Lipinski definition) is 4. The monoisotopic (exact) mass is 298 g/mol. The molecule has 0 aliphatic carbocycles. The molecule has 0 spiro atoms. The topological polar surface area (TPSA) is 98.5 Å². The van der Waals surface area contributed by atoms with Crippen molar-refractivity contribution in [3.8, 4) is 0 Å². The highest BCUT2D eigenvalue weighted by molar-refractivity contribution is 7.89. The molecule has 1 aliphatic rings. The number of benzene rings is 1. The van der Waals surface area contributed by atoms with Gasteiger partial charge in [-0.05, 0) is 37.5 Å². The molecule has 3 N–H and O–H groups in total. The lowest BCUT2D eigenvalue weighted by molar-refractivity contribution is -0.116. The van der Waals surface area contributed by atoms with E-state index in [1.807, 2.05) is 0 Å². The largest absolute Gasteiger partial charge is 0.378 e. The van der Waals surface area contributed by atoms with Crippen LogP contribution in [0.25, 0.3) is 0 Å². The molecular weight excluding hydrogens is 280 g/mol. The number of carbonyl (C=O) groups excluding carboxylic acids is 1.